The summed E-state index contributed by atoms with van der Waals surface area (Å²) in [6, 6.07) is 3.75. The van der Waals surface area contributed by atoms with Crippen LogP contribution in [0.5, 0.6) is 0 Å². The molecule has 0 unspecified atom stereocenters. The quantitative estimate of drug-likeness (QED) is 0.148. The highest BCUT2D eigenvalue weighted by molar-refractivity contribution is 5.77. The van der Waals surface area contributed by atoms with E-state index in [-0.39, 0.29) is 5.82 Å². The standard InChI is InChI=1S/C34H47FN6.C2H6.C2H2/c1-9-13-15-24(5)37-27(12-4)22-26(11-3)28-16-17-30(36-7)29(33(28)35)23-32-38-25(6)34(39-32)31(14-10-2)41-20-18-40(8)19-21-41;2*1-2/h10-12,14,16-17,22,36-37H,2,4-5,9,13,15,18-21,23H2,1,3,6-8H3,(H,38,39);1-2H3;1-2H/b26-11+,27-22+,31-14+;;. The number of nitrogens with one attached hydrogen (secondary N) is 3. The summed E-state index contributed by atoms with van der Waals surface area (Å²) < 4.78 is 16.3. The fourth-order valence-corrected chi connectivity index (χ4v) is 5.05. The molecule has 7 heteroatoms. The molecule has 1 aromatic heterocycles. The molecule has 0 radical (unpaired) electrons. The number of unbranched alkanes of at least 4 members (excludes halogenated alkanes) is 1. The molecule has 1 aromatic carbocycles. The van der Waals surface area contributed by atoms with E-state index in [0.717, 1.165) is 85.2 Å². The minimum absolute atomic E-state index is 0.272. The van der Waals surface area contributed by atoms with E-state index in [2.05, 4.69) is 72.0 Å². The van der Waals surface area contributed by atoms with Crippen LogP contribution in [0.3, 0.4) is 0 Å². The second kappa shape index (κ2) is 20.6. The molecule has 0 atom stereocenters. The van der Waals surface area contributed by atoms with E-state index in [1.165, 1.54) is 0 Å². The molecule has 0 bridgehead atoms. The molecule has 1 aliphatic rings. The Balaban J connectivity index is 0.00000243. The second-order valence-electron chi connectivity index (χ2n) is 10.5. The van der Waals surface area contributed by atoms with Gasteiger partial charge < -0.3 is 25.4 Å². The second-order valence-corrected chi connectivity index (χ2v) is 10.5. The van der Waals surface area contributed by atoms with Gasteiger partial charge in [-0.2, -0.15) is 0 Å². The van der Waals surface area contributed by atoms with Gasteiger partial charge in [-0.15, -0.1) is 12.8 Å². The molecule has 1 aliphatic heterocycles. The zero-order chi connectivity index (χ0) is 33.9. The molecule has 1 saturated heterocycles. The van der Waals surface area contributed by atoms with Gasteiger partial charge in [0.1, 0.15) is 17.3 Å². The number of aromatic nitrogens is 2. The van der Waals surface area contributed by atoms with Crippen molar-refractivity contribution in [2.45, 2.75) is 60.3 Å². The van der Waals surface area contributed by atoms with Crippen molar-refractivity contribution in [3.63, 3.8) is 0 Å². The topological polar surface area (TPSA) is 59.2 Å². The average Bonchev–Trinajstić information content (AvgIpc) is 3.43. The molecule has 0 aliphatic carbocycles. The number of terminal acetylenes is 1. The lowest BCUT2D eigenvalue weighted by atomic mass is 9.97. The number of H-pyrrole nitrogens is 1. The number of aromatic amines is 1. The highest BCUT2D eigenvalue weighted by Gasteiger charge is 2.22. The van der Waals surface area contributed by atoms with Crippen LogP contribution in [0, 0.1) is 25.6 Å². The number of rotatable bonds is 14. The number of benzene rings is 1. The van der Waals surface area contributed by atoms with Crippen molar-refractivity contribution < 1.29 is 4.39 Å². The molecule has 3 N–H and O–H groups in total. The van der Waals surface area contributed by atoms with Crippen LogP contribution in [-0.2, 0) is 6.42 Å². The summed E-state index contributed by atoms with van der Waals surface area (Å²) in [5, 5.41) is 6.50. The van der Waals surface area contributed by atoms with Gasteiger partial charge in [0, 0.05) is 73.5 Å². The van der Waals surface area contributed by atoms with Gasteiger partial charge in [-0.25, -0.2) is 9.37 Å². The van der Waals surface area contributed by atoms with E-state index < -0.39 is 0 Å². The fourth-order valence-electron chi connectivity index (χ4n) is 5.05. The van der Waals surface area contributed by atoms with E-state index in [1.54, 1.807) is 12.2 Å². The molecule has 3 rings (SSSR count). The van der Waals surface area contributed by atoms with Crippen LogP contribution in [0.15, 0.2) is 73.6 Å². The Bertz CT molecular complexity index is 1370. The Hall–Kier alpha value is -4.28. The molecule has 0 saturated carbocycles. The van der Waals surface area contributed by atoms with Crippen LogP contribution in [-0.4, -0.2) is 60.0 Å². The molecular formula is C38H55FN6. The Kier molecular flexibility index (Phi) is 17.8. The monoisotopic (exact) mass is 614 g/mol. The van der Waals surface area contributed by atoms with E-state index >= 15 is 4.39 Å². The third-order valence-corrected chi connectivity index (χ3v) is 7.46. The Labute approximate surface area is 272 Å². The van der Waals surface area contributed by atoms with Gasteiger partial charge in [-0.05, 0) is 69.7 Å². The highest BCUT2D eigenvalue weighted by Crippen LogP contribution is 2.31. The summed E-state index contributed by atoms with van der Waals surface area (Å²) in [5.74, 6) is 0.443. The largest absolute Gasteiger partial charge is 0.388 e. The predicted octanol–water partition coefficient (Wildman–Crippen LogP) is 8.31. The summed E-state index contributed by atoms with van der Waals surface area (Å²) in [6.07, 6.45) is 20.8. The smallest absolute Gasteiger partial charge is 0.136 e. The van der Waals surface area contributed by atoms with Crippen molar-refractivity contribution in [2.75, 3.05) is 45.6 Å². The lowest BCUT2D eigenvalue weighted by molar-refractivity contribution is 0.207. The van der Waals surface area contributed by atoms with Crippen LogP contribution in [0.4, 0.5) is 10.1 Å². The zero-order valence-corrected chi connectivity index (χ0v) is 28.7. The number of likely N-dealkylation sites (N-methyl/N-ethyl adjacent to an activating group) is 1. The first kappa shape index (κ1) is 38.7. The number of anilines is 1. The minimum atomic E-state index is -0.272. The third kappa shape index (κ3) is 11.0. The lowest BCUT2D eigenvalue weighted by Gasteiger charge is -2.35. The van der Waals surface area contributed by atoms with E-state index in [1.807, 2.05) is 65.1 Å². The summed E-state index contributed by atoms with van der Waals surface area (Å²) in [5.41, 5.74) is 7.17. The number of nitrogens with zero attached hydrogens (tertiary/aromatic N) is 3. The number of hydrogen-bond donors (Lipinski definition) is 3. The molecule has 1 fully saturated rings. The Morgan fingerprint density at radius 3 is 2.38 bits per heavy atom. The zero-order valence-electron chi connectivity index (χ0n) is 28.7. The lowest BCUT2D eigenvalue weighted by Crippen LogP contribution is -2.43. The molecule has 2 heterocycles. The number of aryl methyl sites for hydroxylation is 1. The molecule has 2 aromatic rings. The molecule has 244 valence electrons. The van der Waals surface area contributed by atoms with Gasteiger partial charge in [0.2, 0.25) is 0 Å². The average molecular weight is 615 g/mol. The first-order valence-corrected chi connectivity index (χ1v) is 15.9. The molecule has 45 heavy (non-hydrogen) atoms. The molecule has 0 spiro atoms. The van der Waals surface area contributed by atoms with Gasteiger partial charge in [-0.3, -0.25) is 0 Å². The highest BCUT2D eigenvalue weighted by atomic mass is 19.1. The van der Waals surface area contributed by atoms with Gasteiger partial charge in [0.05, 0.1) is 5.70 Å². The SMILES string of the molecule is C#C.C=C/C=C(\c1nc(Cc2c(NC)ccc(C(/C=C(\C=C)NC(=C)CCCC)=C/C)c2F)[nH]c1C)N1CCN(C)CC1.CC. The van der Waals surface area contributed by atoms with Crippen molar-refractivity contribution in [3.8, 4) is 12.8 Å². The van der Waals surface area contributed by atoms with E-state index in [4.69, 9.17) is 4.98 Å². The van der Waals surface area contributed by atoms with E-state index in [9.17, 15) is 0 Å². The summed E-state index contributed by atoms with van der Waals surface area (Å²) in [6.45, 7) is 25.9. The van der Waals surface area contributed by atoms with Gasteiger partial charge >= 0.3 is 0 Å². The molecular weight excluding hydrogens is 559 g/mol. The van der Waals surface area contributed by atoms with Crippen LogP contribution in [0.25, 0.3) is 11.3 Å². The van der Waals surface area contributed by atoms with Crippen molar-refractivity contribution in [1.82, 2.24) is 25.1 Å². The molecule has 6 nitrogen and oxygen atoms in total. The van der Waals surface area contributed by atoms with Gasteiger partial charge in [-0.1, -0.05) is 59.1 Å². The van der Waals surface area contributed by atoms with Crippen molar-refractivity contribution in [1.29, 1.82) is 0 Å². The van der Waals surface area contributed by atoms with Crippen LogP contribution < -0.4 is 10.6 Å². The first-order valence-electron chi connectivity index (χ1n) is 15.9. The Morgan fingerprint density at radius 2 is 1.82 bits per heavy atom. The fraction of sp³-hybridized carbons (Fsp3) is 0.395. The number of piperazine rings is 1. The summed E-state index contributed by atoms with van der Waals surface area (Å²) in [4.78, 5) is 13.1. The molecule has 0 amide bonds. The number of hydrogen-bond acceptors (Lipinski definition) is 5. The summed E-state index contributed by atoms with van der Waals surface area (Å²) >= 11 is 0. The normalized spacial score (nSPS) is 14.0. The van der Waals surface area contributed by atoms with Crippen molar-refractivity contribution >= 4 is 17.0 Å². The number of halogens is 1. The third-order valence-electron chi connectivity index (χ3n) is 7.46. The van der Waals surface area contributed by atoms with Crippen molar-refractivity contribution in [3.05, 3.63) is 108 Å². The minimum Gasteiger partial charge on any atom is -0.388 e. The van der Waals surface area contributed by atoms with Gasteiger partial charge in [0.25, 0.3) is 0 Å². The van der Waals surface area contributed by atoms with E-state index in [0.29, 0.717) is 23.4 Å². The first-order chi connectivity index (χ1) is 21.8. The maximum Gasteiger partial charge on any atom is 0.136 e. The van der Waals surface area contributed by atoms with Crippen molar-refractivity contribution in [2.24, 2.45) is 0 Å². The predicted molar refractivity (Wildman–Crippen MR) is 194 cm³/mol. The summed E-state index contributed by atoms with van der Waals surface area (Å²) in [7, 11) is 3.95. The van der Waals surface area contributed by atoms with Crippen LogP contribution in [0.1, 0.15) is 75.3 Å². The maximum atomic E-state index is 16.3. The van der Waals surface area contributed by atoms with Crippen LogP contribution >= 0.6 is 0 Å². The van der Waals surface area contributed by atoms with Crippen LogP contribution in [0.2, 0.25) is 0 Å². The number of allylic oxidation sites excluding steroid dienone is 7. The van der Waals surface area contributed by atoms with Gasteiger partial charge in [0.15, 0.2) is 0 Å². The number of imidazole rings is 1. The maximum absolute atomic E-state index is 16.3. The Morgan fingerprint density at radius 1 is 1.16 bits per heavy atom.